The van der Waals surface area contributed by atoms with Crippen LogP contribution >= 0.6 is 25.8 Å². The molecule has 4 aliphatic heterocycles. The first-order valence-corrected chi connectivity index (χ1v) is 29.8. The highest BCUT2D eigenvalue weighted by Gasteiger charge is 2.53. The molecule has 4 fully saturated rings. The summed E-state index contributed by atoms with van der Waals surface area (Å²) in [6.45, 7) is 18.1. The molecule has 0 bridgehead atoms. The molecule has 0 N–H and O–H groups in total. The van der Waals surface area contributed by atoms with E-state index in [9.17, 15) is 0 Å². The van der Waals surface area contributed by atoms with E-state index in [0.29, 0.717) is 45.9 Å². The van der Waals surface area contributed by atoms with Gasteiger partial charge in [0.05, 0.1) is 37.6 Å². The molecule has 346 valence electrons. The van der Waals surface area contributed by atoms with Gasteiger partial charge in [0, 0.05) is 39.1 Å². The van der Waals surface area contributed by atoms with E-state index in [-0.39, 0.29) is 46.7 Å². The summed E-state index contributed by atoms with van der Waals surface area (Å²) in [4.78, 5) is 0. The fourth-order valence-electron chi connectivity index (χ4n) is 9.53. The monoisotopic (exact) mass is 966 g/mol. The van der Waals surface area contributed by atoms with E-state index in [1.54, 1.807) is 0 Å². The van der Waals surface area contributed by atoms with Gasteiger partial charge in [-0.05, 0) is 37.2 Å². The van der Waals surface area contributed by atoms with Gasteiger partial charge in [0.2, 0.25) is 0 Å². The summed E-state index contributed by atoms with van der Waals surface area (Å²) in [7, 11) is -11.5. The molecule has 0 aromatic heterocycles. The van der Waals surface area contributed by atoms with Crippen LogP contribution in [0.4, 0.5) is 0 Å². The lowest BCUT2D eigenvalue weighted by Crippen LogP contribution is -2.67. The van der Waals surface area contributed by atoms with Crippen molar-refractivity contribution in [1.82, 2.24) is 0 Å². The Balaban J connectivity index is 0.992. The molecule has 4 aliphatic rings. The molecule has 0 saturated carbocycles. The number of benzene rings is 4. The van der Waals surface area contributed by atoms with Gasteiger partial charge in [0.25, 0.3) is 16.6 Å². The smallest absolute Gasteiger partial charge is 0.347 e. The van der Waals surface area contributed by atoms with Crippen LogP contribution < -0.4 is 20.7 Å². The lowest BCUT2D eigenvalue weighted by molar-refractivity contribution is 0.00432. The third-order valence-corrected chi connectivity index (χ3v) is 27.2. The van der Waals surface area contributed by atoms with Crippen molar-refractivity contribution in [2.24, 2.45) is 0 Å². The van der Waals surface area contributed by atoms with Crippen molar-refractivity contribution in [3.05, 3.63) is 121 Å². The summed E-state index contributed by atoms with van der Waals surface area (Å²) < 4.78 is 72.8. The Kier molecular flexibility index (Phi) is 16.4. The number of rotatable bonds is 17. The van der Waals surface area contributed by atoms with Crippen molar-refractivity contribution in [2.45, 2.75) is 121 Å². The first-order valence-electron chi connectivity index (χ1n) is 22.7. The zero-order valence-corrected chi connectivity index (χ0v) is 42.9. The van der Waals surface area contributed by atoms with Crippen molar-refractivity contribution in [1.29, 1.82) is 0 Å². The predicted octanol–water partition coefficient (Wildman–Crippen LogP) is 9.82. The van der Waals surface area contributed by atoms with Gasteiger partial charge in [-0.2, -0.15) is 0 Å². The summed E-state index contributed by atoms with van der Waals surface area (Å²) >= 11 is 0. The van der Waals surface area contributed by atoms with E-state index in [1.807, 2.05) is 0 Å². The van der Waals surface area contributed by atoms with Crippen molar-refractivity contribution < 1.29 is 49.6 Å². The topological polar surface area (TPSA) is 102 Å². The van der Waals surface area contributed by atoms with Gasteiger partial charge in [-0.15, -0.1) is 0 Å². The quantitative estimate of drug-likeness (QED) is 0.0747. The second-order valence-corrected chi connectivity index (χ2v) is 31.3. The summed E-state index contributed by atoms with van der Waals surface area (Å²) in [6, 6.07) is 42.6. The van der Waals surface area contributed by atoms with Gasteiger partial charge < -0.3 is 36.6 Å². The highest BCUT2D eigenvalue weighted by Crippen LogP contribution is 2.74. The van der Waals surface area contributed by atoms with Crippen LogP contribution in [0, 0.1) is 0 Å². The van der Waals surface area contributed by atoms with Crippen LogP contribution in [0.3, 0.4) is 0 Å². The van der Waals surface area contributed by atoms with E-state index >= 15 is 0 Å². The van der Waals surface area contributed by atoms with Crippen molar-refractivity contribution in [3.8, 4) is 0 Å². The Hall–Kier alpha value is -1.84. The minimum atomic E-state index is -2.83. The molecule has 9 atom stereocenters. The first-order chi connectivity index (χ1) is 30.9. The SMILES string of the molecule is CC[C@H]1OCCC1OP1OP(OC2CCO[C@@H]2CO[Si](c2ccccc2)(c2ccccc2)C(C)(C)C)OP(O[C@@H]2CCO[C@@H]2CO[Si](c2ccccc2)(c2ccccc2)C(C)(C)C)O1. The van der Waals surface area contributed by atoms with E-state index in [2.05, 4.69) is 170 Å². The van der Waals surface area contributed by atoms with Gasteiger partial charge in [0.15, 0.2) is 0 Å². The fourth-order valence-corrected chi connectivity index (χ4v) is 23.5. The molecular formula is C48H65O11P3Si2. The van der Waals surface area contributed by atoms with Gasteiger partial charge in [-0.1, -0.05) is 170 Å². The second-order valence-electron chi connectivity index (χ2n) is 18.8. The maximum absolute atomic E-state index is 7.31. The Bertz CT molecular complexity index is 1820. The van der Waals surface area contributed by atoms with Crippen molar-refractivity contribution >= 4 is 63.2 Å². The predicted molar refractivity (Wildman–Crippen MR) is 259 cm³/mol. The average molecular weight is 967 g/mol. The van der Waals surface area contributed by atoms with Crippen LogP contribution in [-0.4, -0.2) is 86.3 Å². The van der Waals surface area contributed by atoms with E-state index < -0.39 is 42.4 Å². The Morgan fingerprint density at radius 2 is 0.734 bits per heavy atom. The molecule has 0 amide bonds. The highest BCUT2D eigenvalue weighted by atomic mass is 31.3. The minimum absolute atomic E-state index is 0.0469. The summed E-state index contributed by atoms with van der Waals surface area (Å²) in [6.07, 6.45) is 1.26. The lowest BCUT2D eigenvalue weighted by atomic mass is 10.1. The third-order valence-electron chi connectivity index (χ3n) is 12.7. The van der Waals surface area contributed by atoms with Crippen LogP contribution in [0.25, 0.3) is 0 Å². The van der Waals surface area contributed by atoms with Crippen LogP contribution in [0.5, 0.6) is 0 Å². The molecule has 4 aromatic rings. The molecule has 0 radical (unpaired) electrons. The van der Waals surface area contributed by atoms with Crippen LogP contribution in [0.15, 0.2) is 121 Å². The molecule has 5 unspecified atom stereocenters. The van der Waals surface area contributed by atoms with Gasteiger partial charge in [0.1, 0.15) is 12.2 Å². The van der Waals surface area contributed by atoms with E-state index in [0.717, 1.165) is 12.8 Å². The van der Waals surface area contributed by atoms with E-state index in [4.69, 9.17) is 49.6 Å². The number of hydrogen-bond donors (Lipinski definition) is 0. The number of ether oxygens (including phenoxy) is 3. The molecule has 0 aliphatic carbocycles. The maximum Gasteiger partial charge on any atom is 0.347 e. The third kappa shape index (κ3) is 10.7. The number of hydrogen-bond acceptors (Lipinski definition) is 11. The van der Waals surface area contributed by atoms with Crippen LogP contribution in [-0.2, 0) is 49.6 Å². The second kappa shape index (κ2) is 21.6. The standard InChI is InChI=1S/C48H65O11P3Si2/c1-8-41-42(29-32-49-41)54-60-57-61(55-43-30-33-50-45(43)35-52-63(47(2,3)4,37-21-13-9-14-22-37)38-23-15-10-16-24-38)59-62(58-60)56-44-31-34-51-46(44)36-53-64(48(5,6)7,39-25-17-11-18-26-39)40-27-19-12-20-28-40/h9-28,41-46H,8,29-36H2,1-7H3/t41-,42?,43-,44?,45-,46-,60?,61?,62?/m1/s1. The molecule has 0 spiro atoms. The van der Waals surface area contributed by atoms with Gasteiger partial charge >= 0.3 is 25.8 Å². The maximum atomic E-state index is 7.31. The summed E-state index contributed by atoms with van der Waals surface area (Å²) in [5, 5.41) is 4.47. The largest absolute Gasteiger partial charge is 0.405 e. The molecule has 11 nitrogen and oxygen atoms in total. The van der Waals surface area contributed by atoms with Crippen molar-refractivity contribution in [3.63, 3.8) is 0 Å². The summed E-state index contributed by atoms with van der Waals surface area (Å²) in [5.41, 5.74) is 0. The highest BCUT2D eigenvalue weighted by molar-refractivity contribution is 7.69. The molecule has 4 heterocycles. The van der Waals surface area contributed by atoms with Crippen molar-refractivity contribution in [2.75, 3.05) is 33.0 Å². The molecule has 8 rings (SSSR count). The van der Waals surface area contributed by atoms with Gasteiger partial charge in [-0.25, -0.2) is 12.9 Å². The lowest BCUT2D eigenvalue weighted by Gasteiger charge is -2.43. The Labute approximate surface area is 386 Å². The fraction of sp³-hybridized carbons (Fsp3) is 0.500. The minimum Gasteiger partial charge on any atom is -0.405 e. The Morgan fingerprint density at radius 1 is 0.453 bits per heavy atom. The van der Waals surface area contributed by atoms with Crippen LogP contribution in [0.1, 0.15) is 74.1 Å². The van der Waals surface area contributed by atoms with Crippen LogP contribution in [0.2, 0.25) is 10.1 Å². The molecular weight excluding hydrogens is 902 g/mol. The Morgan fingerprint density at radius 3 is 1.02 bits per heavy atom. The zero-order chi connectivity index (χ0) is 44.8. The average Bonchev–Trinajstić information content (AvgIpc) is 4.06. The van der Waals surface area contributed by atoms with Gasteiger partial charge in [-0.3, -0.25) is 0 Å². The van der Waals surface area contributed by atoms with E-state index in [1.165, 1.54) is 20.7 Å². The normalized spacial score (nSPS) is 28.1. The molecule has 16 heteroatoms. The molecule has 4 aromatic carbocycles. The molecule has 4 saturated heterocycles. The molecule has 64 heavy (non-hydrogen) atoms. The first kappa shape index (κ1) is 48.6. The zero-order valence-electron chi connectivity index (χ0n) is 38.2. The summed E-state index contributed by atoms with van der Waals surface area (Å²) in [5.74, 6) is 0.